The number of nitro groups is 1. The van der Waals surface area contributed by atoms with Crippen molar-refractivity contribution in [2.45, 2.75) is 33.0 Å². The standard InChI is InChI=1S/C21H25N3O4/c1-15-10-19(6-7-20(15)24(26)27)21(25)22-12-17-4-3-5-18(11-17)14-23-8-9-28-16(2)13-23/h3-7,10-11,16H,8-9,12-14H2,1-2H3,(H,22,25). The first-order valence-corrected chi connectivity index (χ1v) is 9.37. The molecule has 3 rings (SSSR count). The first kappa shape index (κ1) is 20.0. The van der Waals surface area contributed by atoms with Gasteiger partial charge in [-0.2, -0.15) is 0 Å². The van der Waals surface area contributed by atoms with E-state index in [-0.39, 0.29) is 17.7 Å². The van der Waals surface area contributed by atoms with Crippen LogP contribution in [0, 0.1) is 17.0 Å². The Morgan fingerprint density at radius 3 is 2.79 bits per heavy atom. The summed E-state index contributed by atoms with van der Waals surface area (Å²) < 4.78 is 5.58. The maximum absolute atomic E-state index is 12.4. The van der Waals surface area contributed by atoms with Gasteiger partial charge in [0.1, 0.15) is 0 Å². The molecule has 1 fully saturated rings. The zero-order valence-corrected chi connectivity index (χ0v) is 16.2. The van der Waals surface area contributed by atoms with E-state index >= 15 is 0 Å². The molecule has 2 aromatic rings. The molecule has 0 saturated carbocycles. The first-order chi connectivity index (χ1) is 13.4. The van der Waals surface area contributed by atoms with E-state index in [2.05, 4.69) is 29.3 Å². The van der Waals surface area contributed by atoms with E-state index in [0.717, 1.165) is 31.8 Å². The number of morpholine rings is 1. The highest BCUT2D eigenvalue weighted by molar-refractivity contribution is 5.94. The molecule has 7 heteroatoms. The summed E-state index contributed by atoms with van der Waals surface area (Å²) >= 11 is 0. The van der Waals surface area contributed by atoms with Crippen molar-refractivity contribution in [1.82, 2.24) is 10.2 Å². The van der Waals surface area contributed by atoms with Crippen LogP contribution in [0.4, 0.5) is 5.69 Å². The van der Waals surface area contributed by atoms with Crippen molar-refractivity contribution in [3.63, 3.8) is 0 Å². The summed E-state index contributed by atoms with van der Waals surface area (Å²) in [6.45, 7) is 7.57. The highest BCUT2D eigenvalue weighted by Crippen LogP contribution is 2.19. The highest BCUT2D eigenvalue weighted by atomic mass is 16.6. The van der Waals surface area contributed by atoms with E-state index in [1.165, 1.54) is 17.7 Å². The summed E-state index contributed by atoms with van der Waals surface area (Å²) in [6, 6.07) is 12.6. The average Bonchev–Trinajstić information content (AvgIpc) is 2.66. The summed E-state index contributed by atoms with van der Waals surface area (Å²) in [4.78, 5) is 25.2. The van der Waals surface area contributed by atoms with Crippen LogP contribution in [0.5, 0.6) is 0 Å². The highest BCUT2D eigenvalue weighted by Gasteiger charge is 2.17. The molecule has 1 heterocycles. The maximum atomic E-state index is 12.4. The summed E-state index contributed by atoms with van der Waals surface area (Å²) in [7, 11) is 0. The minimum atomic E-state index is -0.447. The molecule has 1 unspecified atom stereocenters. The molecule has 1 aliphatic heterocycles. The molecule has 1 N–H and O–H groups in total. The number of benzene rings is 2. The number of nitrogens with zero attached hydrogens (tertiary/aromatic N) is 2. The molecule has 0 aromatic heterocycles. The lowest BCUT2D eigenvalue weighted by Crippen LogP contribution is -2.40. The van der Waals surface area contributed by atoms with Crippen LogP contribution in [-0.4, -0.2) is 41.5 Å². The molecular formula is C21H25N3O4. The molecule has 0 aliphatic carbocycles. The Hall–Kier alpha value is -2.77. The third kappa shape index (κ3) is 5.15. The van der Waals surface area contributed by atoms with Gasteiger partial charge in [0.25, 0.3) is 11.6 Å². The molecule has 0 spiro atoms. The third-order valence-corrected chi connectivity index (χ3v) is 4.83. The van der Waals surface area contributed by atoms with E-state index in [4.69, 9.17) is 4.74 Å². The summed E-state index contributed by atoms with van der Waals surface area (Å²) in [5, 5.41) is 13.8. The van der Waals surface area contributed by atoms with Crippen LogP contribution < -0.4 is 5.32 Å². The Balaban J connectivity index is 1.59. The lowest BCUT2D eigenvalue weighted by atomic mass is 10.1. The molecule has 2 aromatic carbocycles. The first-order valence-electron chi connectivity index (χ1n) is 9.37. The summed E-state index contributed by atoms with van der Waals surface area (Å²) in [5.41, 5.74) is 3.13. The van der Waals surface area contributed by atoms with Crippen LogP contribution in [0.3, 0.4) is 0 Å². The molecule has 28 heavy (non-hydrogen) atoms. The number of rotatable bonds is 6. The van der Waals surface area contributed by atoms with E-state index in [1.807, 2.05) is 12.1 Å². The molecule has 1 atom stereocenters. The molecule has 7 nitrogen and oxygen atoms in total. The normalized spacial score (nSPS) is 17.3. The predicted octanol–water partition coefficient (Wildman–Crippen LogP) is 3.05. The van der Waals surface area contributed by atoms with Gasteiger partial charge in [-0.25, -0.2) is 0 Å². The second-order valence-corrected chi connectivity index (χ2v) is 7.18. The van der Waals surface area contributed by atoms with Gasteiger partial charge in [-0.15, -0.1) is 0 Å². The SMILES string of the molecule is Cc1cc(C(=O)NCc2cccc(CN3CCOC(C)C3)c2)ccc1[N+](=O)[O-]. The number of amides is 1. The fourth-order valence-corrected chi connectivity index (χ4v) is 3.42. The van der Waals surface area contributed by atoms with Gasteiger partial charge in [-0.1, -0.05) is 24.3 Å². The Labute approximate surface area is 164 Å². The number of ether oxygens (including phenoxy) is 1. The molecular weight excluding hydrogens is 358 g/mol. The summed E-state index contributed by atoms with van der Waals surface area (Å²) in [5.74, 6) is -0.245. The van der Waals surface area contributed by atoms with Crippen molar-refractivity contribution >= 4 is 11.6 Å². The van der Waals surface area contributed by atoms with Crippen LogP contribution in [0.15, 0.2) is 42.5 Å². The van der Waals surface area contributed by atoms with Gasteiger partial charge in [0, 0.05) is 43.4 Å². The molecule has 1 amide bonds. The number of nitrogens with one attached hydrogen (secondary N) is 1. The lowest BCUT2D eigenvalue weighted by Gasteiger charge is -2.31. The maximum Gasteiger partial charge on any atom is 0.272 e. The lowest BCUT2D eigenvalue weighted by molar-refractivity contribution is -0.385. The van der Waals surface area contributed by atoms with Crippen LogP contribution in [0.2, 0.25) is 0 Å². The molecule has 1 saturated heterocycles. The topological polar surface area (TPSA) is 84.7 Å². The zero-order chi connectivity index (χ0) is 20.1. The second-order valence-electron chi connectivity index (χ2n) is 7.18. The fraction of sp³-hybridized carbons (Fsp3) is 0.381. The van der Waals surface area contributed by atoms with Gasteiger partial charge in [-0.3, -0.25) is 19.8 Å². The Kier molecular flexibility index (Phi) is 6.38. The van der Waals surface area contributed by atoms with Crippen molar-refractivity contribution in [2.24, 2.45) is 0 Å². The zero-order valence-electron chi connectivity index (χ0n) is 16.2. The van der Waals surface area contributed by atoms with Crippen molar-refractivity contribution < 1.29 is 14.5 Å². The van der Waals surface area contributed by atoms with Crippen LogP contribution >= 0.6 is 0 Å². The molecule has 0 radical (unpaired) electrons. The molecule has 148 valence electrons. The largest absolute Gasteiger partial charge is 0.376 e. The van der Waals surface area contributed by atoms with Crippen molar-refractivity contribution in [3.8, 4) is 0 Å². The van der Waals surface area contributed by atoms with Crippen molar-refractivity contribution in [1.29, 1.82) is 0 Å². The van der Waals surface area contributed by atoms with Crippen LogP contribution in [0.1, 0.15) is 34.0 Å². The third-order valence-electron chi connectivity index (χ3n) is 4.83. The van der Waals surface area contributed by atoms with Gasteiger partial charge in [0.05, 0.1) is 17.6 Å². The van der Waals surface area contributed by atoms with Gasteiger partial charge < -0.3 is 10.1 Å². The smallest absolute Gasteiger partial charge is 0.272 e. The molecule has 0 bridgehead atoms. The van der Waals surface area contributed by atoms with Gasteiger partial charge in [0.15, 0.2) is 0 Å². The number of nitro benzene ring substituents is 1. The predicted molar refractivity (Wildman–Crippen MR) is 106 cm³/mol. The number of hydrogen-bond acceptors (Lipinski definition) is 5. The number of carbonyl (C=O) groups excluding carboxylic acids is 1. The molecule has 1 aliphatic rings. The minimum absolute atomic E-state index is 0.0154. The summed E-state index contributed by atoms with van der Waals surface area (Å²) in [6.07, 6.45) is 0.251. The van der Waals surface area contributed by atoms with E-state index in [0.29, 0.717) is 17.7 Å². The Bertz CT molecular complexity index is 868. The van der Waals surface area contributed by atoms with Crippen molar-refractivity contribution in [2.75, 3.05) is 19.7 Å². The van der Waals surface area contributed by atoms with Crippen LogP contribution in [0.25, 0.3) is 0 Å². The quantitative estimate of drug-likeness (QED) is 0.612. The van der Waals surface area contributed by atoms with Crippen molar-refractivity contribution in [3.05, 3.63) is 74.8 Å². The van der Waals surface area contributed by atoms with Gasteiger partial charge in [0.2, 0.25) is 0 Å². The van der Waals surface area contributed by atoms with E-state index in [1.54, 1.807) is 13.0 Å². The average molecular weight is 383 g/mol. The monoisotopic (exact) mass is 383 g/mol. The number of hydrogen-bond donors (Lipinski definition) is 1. The number of aryl methyl sites for hydroxylation is 1. The Morgan fingerprint density at radius 2 is 2.07 bits per heavy atom. The van der Waals surface area contributed by atoms with Gasteiger partial charge in [-0.05, 0) is 37.1 Å². The second kappa shape index (κ2) is 8.95. The minimum Gasteiger partial charge on any atom is -0.376 e. The van der Waals surface area contributed by atoms with E-state index < -0.39 is 4.92 Å². The number of carbonyl (C=O) groups is 1. The van der Waals surface area contributed by atoms with E-state index in [9.17, 15) is 14.9 Å². The Morgan fingerprint density at radius 1 is 1.29 bits per heavy atom. The fourth-order valence-electron chi connectivity index (χ4n) is 3.42. The van der Waals surface area contributed by atoms with Crippen LogP contribution in [-0.2, 0) is 17.8 Å². The van der Waals surface area contributed by atoms with Gasteiger partial charge >= 0.3 is 0 Å².